The van der Waals surface area contributed by atoms with Crippen LogP contribution in [0.2, 0.25) is 0 Å². The van der Waals surface area contributed by atoms with Crippen LogP contribution >= 0.6 is 0 Å². The highest BCUT2D eigenvalue weighted by Gasteiger charge is 2.23. The Morgan fingerprint density at radius 2 is 1.58 bits per heavy atom. The van der Waals surface area contributed by atoms with Crippen molar-refractivity contribution in [3.8, 4) is 22.3 Å². The number of hydrogen-bond acceptors (Lipinski definition) is 0. The molecule has 0 radical (unpaired) electrons. The first-order chi connectivity index (χ1) is 17.7. The van der Waals surface area contributed by atoms with Crippen molar-refractivity contribution in [3.63, 3.8) is 0 Å². The molecule has 0 N–H and O–H groups in total. The van der Waals surface area contributed by atoms with Crippen molar-refractivity contribution >= 4 is 27.6 Å². The predicted molar refractivity (Wildman–Crippen MR) is 157 cm³/mol. The summed E-state index contributed by atoms with van der Waals surface area (Å²) in [6.45, 7) is 10.4. The molecule has 1 aliphatic rings. The summed E-state index contributed by atoms with van der Waals surface area (Å²) in [6, 6.07) is 31.2. The van der Waals surface area contributed by atoms with Gasteiger partial charge in [0, 0.05) is 0 Å². The summed E-state index contributed by atoms with van der Waals surface area (Å²) in [7, 11) is 0. The Balaban J connectivity index is 1.71. The van der Waals surface area contributed by atoms with E-state index in [1.54, 1.807) is 0 Å². The molecule has 0 spiro atoms. The van der Waals surface area contributed by atoms with Crippen LogP contribution in [0.3, 0.4) is 0 Å². The fourth-order valence-electron chi connectivity index (χ4n) is 5.82. The van der Waals surface area contributed by atoms with Crippen LogP contribution < -0.4 is 0 Å². The lowest BCUT2D eigenvalue weighted by atomic mass is 9.78. The van der Waals surface area contributed by atoms with Crippen molar-refractivity contribution < 1.29 is 0 Å². The summed E-state index contributed by atoms with van der Waals surface area (Å²) < 4.78 is 0. The number of allylic oxidation sites excluding steroid dienone is 3. The third-order valence-electron chi connectivity index (χ3n) is 7.62. The quantitative estimate of drug-likeness (QED) is 0.228. The average Bonchev–Trinajstić information content (AvgIpc) is 2.92. The maximum Gasteiger partial charge on any atom is -0.00231 e. The van der Waals surface area contributed by atoms with Gasteiger partial charge < -0.3 is 0 Å². The van der Waals surface area contributed by atoms with Gasteiger partial charge in [-0.2, -0.15) is 0 Å². The van der Waals surface area contributed by atoms with E-state index in [0.717, 1.165) is 24.8 Å². The molecule has 5 aromatic carbocycles. The molecule has 0 fully saturated rings. The SMILES string of the molecule is C=CC(=C)Cc1c(C)cccc1-c1c2c(c(-c3ccc4ccccc4c3)c3ccccc13)CCC=C2. The minimum Gasteiger partial charge on any atom is -0.0988 e. The normalized spacial score (nSPS) is 12.6. The molecule has 6 rings (SSSR count). The minimum absolute atomic E-state index is 0.810. The van der Waals surface area contributed by atoms with Crippen LogP contribution in [0.5, 0.6) is 0 Å². The topological polar surface area (TPSA) is 0 Å². The molecule has 0 aromatic heterocycles. The lowest BCUT2D eigenvalue weighted by Gasteiger charge is -2.25. The van der Waals surface area contributed by atoms with Crippen molar-refractivity contribution in [1.82, 2.24) is 0 Å². The number of hydrogen-bond donors (Lipinski definition) is 0. The van der Waals surface area contributed by atoms with E-state index in [2.05, 4.69) is 117 Å². The molecule has 0 saturated heterocycles. The van der Waals surface area contributed by atoms with Crippen molar-refractivity contribution in [2.24, 2.45) is 0 Å². The van der Waals surface area contributed by atoms with Gasteiger partial charge in [-0.25, -0.2) is 0 Å². The number of benzene rings is 5. The lowest BCUT2D eigenvalue weighted by molar-refractivity contribution is 0.991. The molecule has 5 aromatic rings. The van der Waals surface area contributed by atoms with Gasteiger partial charge >= 0.3 is 0 Å². The molecule has 0 saturated carbocycles. The summed E-state index contributed by atoms with van der Waals surface area (Å²) in [6.07, 6.45) is 9.51. The first-order valence-electron chi connectivity index (χ1n) is 12.8. The third-order valence-corrected chi connectivity index (χ3v) is 7.62. The van der Waals surface area contributed by atoms with Gasteiger partial charge in [-0.1, -0.05) is 116 Å². The highest BCUT2D eigenvalue weighted by Crippen LogP contribution is 2.46. The maximum atomic E-state index is 4.24. The molecular formula is C36H30. The molecule has 0 atom stereocenters. The monoisotopic (exact) mass is 462 g/mol. The Labute approximate surface area is 213 Å². The Kier molecular flexibility index (Phi) is 5.66. The van der Waals surface area contributed by atoms with Crippen LogP contribution in [0, 0.1) is 6.92 Å². The van der Waals surface area contributed by atoms with E-state index in [1.807, 2.05) is 6.08 Å². The zero-order valence-corrected chi connectivity index (χ0v) is 20.9. The van der Waals surface area contributed by atoms with Crippen molar-refractivity contribution in [3.05, 3.63) is 138 Å². The second kappa shape index (κ2) is 9.13. The van der Waals surface area contributed by atoms with Gasteiger partial charge in [-0.15, -0.1) is 0 Å². The molecule has 0 amide bonds. The standard InChI is InChI=1S/C36H30/c1-4-24(2)22-34-25(3)12-11-19-33(34)36-31-17-9-7-15-29(31)35(30-16-8-10-18-32(30)36)28-21-20-26-13-5-6-14-27(26)23-28/h4-7,9-15,17-21,23H,1-2,8,16,22H2,3H3. The second-order valence-electron chi connectivity index (χ2n) is 9.83. The summed E-state index contributed by atoms with van der Waals surface area (Å²) >= 11 is 0. The molecular weight excluding hydrogens is 432 g/mol. The highest BCUT2D eigenvalue weighted by atomic mass is 14.3. The smallest absolute Gasteiger partial charge is 0.00231 e. The number of rotatable bonds is 5. The van der Waals surface area contributed by atoms with Crippen LogP contribution in [0.15, 0.2) is 116 Å². The Hall–Kier alpha value is -4.16. The summed E-state index contributed by atoms with van der Waals surface area (Å²) in [5.74, 6) is 0. The average molecular weight is 463 g/mol. The third kappa shape index (κ3) is 3.71. The van der Waals surface area contributed by atoms with E-state index in [0.29, 0.717) is 0 Å². The molecule has 0 heteroatoms. The summed E-state index contributed by atoms with van der Waals surface area (Å²) in [4.78, 5) is 0. The van der Waals surface area contributed by atoms with Gasteiger partial charge in [0.1, 0.15) is 0 Å². The second-order valence-corrected chi connectivity index (χ2v) is 9.83. The van der Waals surface area contributed by atoms with E-state index in [-0.39, 0.29) is 0 Å². The van der Waals surface area contributed by atoms with Crippen LogP contribution in [-0.2, 0) is 12.8 Å². The number of fused-ring (bicyclic) bond motifs is 3. The van der Waals surface area contributed by atoms with E-state index in [9.17, 15) is 0 Å². The Morgan fingerprint density at radius 3 is 2.39 bits per heavy atom. The maximum absolute atomic E-state index is 4.24. The van der Waals surface area contributed by atoms with Gasteiger partial charge in [0.15, 0.2) is 0 Å². The van der Waals surface area contributed by atoms with Gasteiger partial charge in [-0.05, 0) is 98.3 Å². The van der Waals surface area contributed by atoms with Crippen LogP contribution in [0.4, 0.5) is 0 Å². The molecule has 0 unspecified atom stereocenters. The van der Waals surface area contributed by atoms with Crippen molar-refractivity contribution in [2.45, 2.75) is 26.2 Å². The van der Waals surface area contributed by atoms with Crippen LogP contribution in [0.1, 0.15) is 28.7 Å². The molecule has 0 bridgehead atoms. The minimum atomic E-state index is 0.810. The highest BCUT2D eigenvalue weighted by molar-refractivity contribution is 6.11. The zero-order valence-electron chi connectivity index (χ0n) is 20.9. The molecule has 0 nitrogen and oxygen atoms in total. The van der Waals surface area contributed by atoms with Crippen LogP contribution in [0.25, 0.3) is 49.9 Å². The van der Waals surface area contributed by atoms with E-state index in [1.165, 1.54) is 66.1 Å². The van der Waals surface area contributed by atoms with E-state index in [4.69, 9.17) is 0 Å². The summed E-state index contributed by atoms with van der Waals surface area (Å²) in [5.41, 5.74) is 11.8. The van der Waals surface area contributed by atoms with Gasteiger partial charge in [0.2, 0.25) is 0 Å². The zero-order chi connectivity index (χ0) is 24.6. The molecule has 174 valence electrons. The fraction of sp³-hybridized carbons (Fsp3) is 0.111. The molecule has 0 heterocycles. The van der Waals surface area contributed by atoms with E-state index < -0.39 is 0 Å². The van der Waals surface area contributed by atoms with Gasteiger partial charge in [0.05, 0.1) is 0 Å². The predicted octanol–water partition coefficient (Wildman–Crippen LogP) is 9.88. The number of aryl methyl sites for hydroxylation is 1. The van der Waals surface area contributed by atoms with E-state index >= 15 is 0 Å². The molecule has 36 heavy (non-hydrogen) atoms. The lowest BCUT2D eigenvalue weighted by Crippen LogP contribution is -2.04. The largest absolute Gasteiger partial charge is 0.0988 e. The van der Waals surface area contributed by atoms with Crippen LogP contribution in [-0.4, -0.2) is 0 Å². The Morgan fingerprint density at radius 1 is 0.833 bits per heavy atom. The fourth-order valence-corrected chi connectivity index (χ4v) is 5.82. The molecule has 0 aliphatic heterocycles. The van der Waals surface area contributed by atoms with Gasteiger partial charge in [-0.3, -0.25) is 0 Å². The molecule has 1 aliphatic carbocycles. The first kappa shape index (κ1) is 22.3. The van der Waals surface area contributed by atoms with Crippen molar-refractivity contribution in [1.29, 1.82) is 0 Å². The van der Waals surface area contributed by atoms with Crippen molar-refractivity contribution in [2.75, 3.05) is 0 Å². The van der Waals surface area contributed by atoms with Gasteiger partial charge in [0.25, 0.3) is 0 Å². The summed E-state index contributed by atoms with van der Waals surface area (Å²) in [5, 5.41) is 5.20. The Bertz CT molecular complexity index is 1690. The first-order valence-corrected chi connectivity index (χ1v) is 12.8.